The van der Waals surface area contributed by atoms with E-state index in [2.05, 4.69) is 27.7 Å². The Morgan fingerprint density at radius 2 is 0.527 bits per heavy atom. The number of aliphatic hydroxyl groups is 1. The van der Waals surface area contributed by atoms with Gasteiger partial charge in [-0.15, -0.1) is 0 Å². The van der Waals surface area contributed by atoms with E-state index in [9.17, 15) is 19.8 Å². The highest BCUT2D eigenvalue weighted by atomic mass is 16.4. The van der Waals surface area contributed by atoms with Crippen LogP contribution in [0.3, 0.4) is 0 Å². The van der Waals surface area contributed by atoms with Crippen molar-refractivity contribution in [3.63, 3.8) is 0 Å². The number of rotatable bonds is 80. The molecule has 0 aromatic carbocycles. The lowest BCUT2D eigenvalue weighted by molar-refractivity contribution is -0.146. The van der Waals surface area contributed by atoms with Crippen molar-refractivity contribution in [1.82, 2.24) is 0 Å². The van der Waals surface area contributed by atoms with Crippen LogP contribution in [0.5, 0.6) is 0 Å². The van der Waals surface area contributed by atoms with E-state index in [0.717, 1.165) is 62.7 Å². The van der Waals surface area contributed by atoms with Gasteiger partial charge in [-0.2, -0.15) is 0 Å². The molecule has 91 heavy (non-hydrogen) atoms. The van der Waals surface area contributed by atoms with Crippen LogP contribution in [-0.4, -0.2) is 28.1 Å². The maximum absolute atomic E-state index is 12.7. The van der Waals surface area contributed by atoms with Gasteiger partial charge < -0.3 is 10.2 Å². The number of carbonyl (C=O) groups excluding carboxylic acids is 1. The number of carboxylic acid groups (broad SMARTS) is 1. The van der Waals surface area contributed by atoms with Crippen molar-refractivity contribution in [2.75, 3.05) is 0 Å². The average Bonchev–Trinajstić information content (AvgIpc) is 2.01. The maximum Gasteiger partial charge on any atom is 0.309 e. The second-order valence-electron chi connectivity index (χ2n) is 31.5. The van der Waals surface area contributed by atoms with E-state index in [4.69, 9.17) is 0 Å². The first-order valence-corrected chi connectivity index (χ1v) is 43.2. The molecule has 1 aliphatic carbocycles. The molecule has 1 saturated carbocycles. The molecule has 1 rings (SSSR count). The minimum Gasteiger partial charge on any atom is -0.481 e. The number of aliphatic hydroxyl groups excluding tert-OH is 1. The van der Waals surface area contributed by atoms with E-state index in [1.807, 2.05) is 0 Å². The quantitative estimate of drug-likeness (QED) is 0.0595. The fourth-order valence-corrected chi connectivity index (χ4v) is 15.7. The van der Waals surface area contributed by atoms with E-state index in [1.54, 1.807) is 0 Å². The average molecular weight is 1280 g/mol. The molecule has 542 valence electrons. The number of carbonyl (C=O) groups is 2. The van der Waals surface area contributed by atoms with Gasteiger partial charge in [-0.25, -0.2) is 0 Å². The zero-order chi connectivity index (χ0) is 65.7. The third-order valence-corrected chi connectivity index (χ3v) is 22.6. The normalized spacial score (nSPS) is 15.4. The Morgan fingerprint density at radius 3 is 0.813 bits per heavy atom. The number of Topliss-reactive ketones (excluding diaryl/α,β-unsaturated/α-hetero) is 1. The van der Waals surface area contributed by atoms with Crippen molar-refractivity contribution in [2.45, 2.75) is 515 Å². The molecule has 0 heterocycles. The second kappa shape index (κ2) is 71.9. The van der Waals surface area contributed by atoms with Crippen molar-refractivity contribution in [3.8, 4) is 0 Å². The smallest absolute Gasteiger partial charge is 0.309 e. The summed E-state index contributed by atoms with van der Waals surface area (Å²) >= 11 is 0. The molecule has 1 fully saturated rings. The zero-order valence-electron chi connectivity index (χ0n) is 63.2. The molecule has 0 aliphatic heterocycles. The van der Waals surface area contributed by atoms with Crippen LogP contribution in [-0.2, 0) is 9.59 Å². The minimum absolute atomic E-state index is 0.281. The van der Waals surface area contributed by atoms with Crippen molar-refractivity contribution in [1.29, 1.82) is 0 Å². The van der Waals surface area contributed by atoms with E-state index in [0.29, 0.717) is 18.6 Å². The van der Waals surface area contributed by atoms with Gasteiger partial charge in [0.1, 0.15) is 5.78 Å². The van der Waals surface area contributed by atoms with Gasteiger partial charge in [-0.05, 0) is 49.9 Å². The lowest BCUT2D eigenvalue weighted by Gasteiger charge is -2.19. The molecule has 0 saturated heterocycles. The summed E-state index contributed by atoms with van der Waals surface area (Å²) in [6.07, 6.45) is 101. The number of hydrogen-bond acceptors (Lipinski definition) is 3. The lowest BCUT2D eigenvalue weighted by atomic mass is 9.91. The number of aliphatic carboxylic acids is 1. The fourth-order valence-electron chi connectivity index (χ4n) is 15.7. The predicted octanol–water partition coefficient (Wildman–Crippen LogP) is 30.4. The van der Waals surface area contributed by atoms with Crippen LogP contribution in [0.1, 0.15) is 509 Å². The lowest BCUT2D eigenvalue weighted by Crippen LogP contribution is -2.28. The molecule has 6 atom stereocenters. The minimum atomic E-state index is -0.800. The molecule has 1 unspecified atom stereocenters. The summed E-state index contributed by atoms with van der Waals surface area (Å²) in [6, 6.07) is 0. The van der Waals surface area contributed by atoms with Gasteiger partial charge in [-0.1, -0.05) is 471 Å². The molecule has 0 spiro atoms. The summed E-state index contributed by atoms with van der Waals surface area (Å²) in [5, 5.41) is 20.6. The largest absolute Gasteiger partial charge is 0.481 e. The highest BCUT2D eigenvalue weighted by Gasteiger charge is 2.39. The second-order valence-corrected chi connectivity index (χ2v) is 31.5. The summed E-state index contributed by atoms with van der Waals surface area (Å²) in [5.74, 6) is 2.49. The molecule has 0 aromatic rings. The standard InChI is InChI=1S/C87H170O4/c1-5-7-9-11-13-15-17-19-21-23-24-25-26-27-28-33-40-46-52-58-64-70-76-83(87(90)91)86(89)78-72-66-60-54-48-42-36-35-39-45-51-57-63-69-75-82-79-84(82)80(3)73-67-61-55-49-43-37-32-29-30-34-41-47-53-59-65-71-77-85(88)81(4)74-68-62-56-50-44-38-31-22-20-18-16-14-12-10-8-6-2/h80-84,86,89H,5-79H2,1-4H3,(H,90,91)/t80-,81?,82+,83+,84+,86+/m0/s1. The third kappa shape index (κ3) is 63.6. The summed E-state index contributed by atoms with van der Waals surface area (Å²) in [4.78, 5) is 24.7. The number of ketones is 1. The van der Waals surface area contributed by atoms with Crippen LogP contribution in [0.2, 0.25) is 0 Å². The van der Waals surface area contributed by atoms with Gasteiger partial charge in [-0.3, -0.25) is 9.59 Å². The van der Waals surface area contributed by atoms with Crippen molar-refractivity contribution in [2.24, 2.45) is 29.6 Å². The van der Waals surface area contributed by atoms with E-state index < -0.39 is 18.0 Å². The molecule has 0 amide bonds. The summed E-state index contributed by atoms with van der Waals surface area (Å²) in [7, 11) is 0. The van der Waals surface area contributed by atoms with Gasteiger partial charge in [0.2, 0.25) is 0 Å². The van der Waals surface area contributed by atoms with Crippen molar-refractivity contribution >= 4 is 11.8 Å². The summed E-state index contributed by atoms with van der Waals surface area (Å²) in [5.41, 5.74) is 0. The zero-order valence-corrected chi connectivity index (χ0v) is 63.2. The molecular formula is C87H170O4. The van der Waals surface area contributed by atoms with E-state index in [1.165, 1.54) is 424 Å². The Hall–Kier alpha value is -0.900. The molecule has 1 aliphatic rings. The summed E-state index contributed by atoms with van der Waals surface area (Å²) in [6.45, 7) is 9.36. The van der Waals surface area contributed by atoms with Crippen LogP contribution in [0, 0.1) is 29.6 Å². The topological polar surface area (TPSA) is 74.6 Å². The van der Waals surface area contributed by atoms with Crippen LogP contribution in [0.15, 0.2) is 0 Å². The number of carboxylic acids is 1. The highest BCUT2D eigenvalue weighted by molar-refractivity contribution is 5.80. The Labute approximate surface area is 573 Å². The molecule has 2 N–H and O–H groups in total. The van der Waals surface area contributed by atoms with E-state index >= 15 is 0 Å². The molecule has 4 nitrogen and oxygen atoms in total. The van der Waals surface area contributed by atoms with E-state index in [-0.39, 0.29) is 5.92 Å². The highest BCUT2D eigenvalue weighted by Crippen LogP contribution is 2.49. The first kappa shape index (κ1) is 88.1. The molecule has 4 heteroatoms. The van der Waals surface area contributed by atoms with Gasteiger partial charge in [0.15, 0.2) is 0 Å². The van der Waals surface area contributed by atoms with Crippen molar-refractivity contribution in [3.05, 3.63) is 0 Å². The Bertz CT molecular complexity index is 1430. The van der Waals surface area contributed by atoms with Crippen LogP contribution in [0.4, 0.5) is 0 Å². The molecule has 0 bridgehead atoms. The van der Waals surface area contributed by atoms with Crippen LogP contribution >= 0.6 is 0 Å². The molecule has 0 radical (unpaired) electrons. The Morgan fingerprint density at radius 1 is 0.297 bits per heavy atom. The first-order valence-electron chi connectivity index (χ1n) is 43.2. The predicted molar refractivity (Wildman–Crippen MR) is 405 cm³/mol. The monoisotopic (exact) mass is 1280 g/mol. The van der Waals surface area contributed by atoms with Crippen molar-refractivity contribution < 1.29 is 19.8 Å². The maximum atomic E-state index is 12.7. The number of unbranched alkanes of at least 4 members (excludes halogenated alkanes) is 64. The van der Waals surface area contributed by atoms with Gasteiger partial charge in [0, 0.05) is 12.3 Å². The third-order valence-electron chi connectivity index (χ3n) is 22.6. The summed E-state index contributed by atoms with van der Waals surface area (Å²) < 4.78 is 0. The Balaban J connectivity index is 1.77. The fraction of sp³-hybridized carbons (Fsp3) is 0.977. The SMILES string of the molecule is CCCCCCCCCCCCCCCCCCCCCCCC[C@@H](C(=O)O)[C@H](O)CCCCCCCCCCCCCCCC[C@@H]1C[C@@H]1[C@@H](C)CCCCCCCCCCCCCCCCCCC(=O)C(C)CCCCCCCCCCCCCCCCCC. The van der Waals surface area contributed by atoms with Crippen LogP contribution < -0.4 is 0 Å². The van der Waals surface area contributed by atoms with Gasteiger partial charge in [0.05, 0.1) is 12.0 Å². The first-order chi connectivity index (χ1) is 44.8. The number of hydrogen-bond donors (Lipinski definition) is 2. The van der Waals surface area contributed by atoms with Gasteiger partial charge >= 0.3 is 5.97 Å². The molecular weight excluding hydrogens is 1110 g/mol. The molecule has 0 aromatic heterocycles. The van der Waals surface area contributed by atoms with Crippen LogP contribution in [0.25, 0.3) is 0 Å². The Kier molecular flexibility index (Phi) is 69.6. The van der Waals surface area contributed by atoms with Gasteiger partial charge in [0.25, 0.3) is 0 Å².